The van der Waals surface area contributed by atoms with Crippen LogP contribution in [0.5, 0.6) is 0 Å². The number of aliphatic hydroxyl groups excluding tert-OH is 3. The third kappa shape index (κ3) is 9.85. The van der Waals surface area contributed by atoms with Gasteiger partial charge in [-0.15, -0.1) is 0 Å². The molecule has 1 aliphatic carbocycles. The Morgan fingerprint density at radius 2 is 1.67 bits per heavy atom. The number of benzene rings is 2. The predicted molar refractivity (Wildman–Crippen MR) is 216 cm³/mol. The number of rotatable bonds is 13. The van der Waals surface area contributed by atoms with Crippen LogP contribution in [0.3, 0.4) is 0 Å². The highest BCUT2D eigenvalue weighted by Crippen LogP contribution is 2.36. The molecule has 0 amide bonds. The van der Waals surface area contributed by atoms with Gasteiger partial charge in [0.1, 0.15) is 48.8 Å². The Hall–Kier alpha value is -6.06. The van der Waals surface area contributed by atoms with Gasteiger partial charge >= 0.3 is 26.8 Å². The average molecular weight is 932 g/mol. The summed E-state index contributed by atoms with van der Waals surface area (Å²) >= 11 is 0. The Morgan fingerprint density at radius 3 is 2.44 bits per heavy atom. The lowest BCUT2D eigenvalue weighted by Crippen LogP contribution is -2.37. The van der Waals surface area contributed by atoms with Crippen LogP contribution >= 0.6 is 0 Å². The van der Waals surface area contributed by atoms with Crippen LogP contribution in [-0.2, 0) is 44.6 Å². The van der Waals surface area contributed by atoms with Crippen molar-refractivity contribution in [1.29, 1.82) is 0 Å². The second-order valence-electron chi connectivity index (χ2n) is 14.6. The van der Waals surface area contributed by atoms with Crippen LogP contribution < -0.4 is 20.9 Å². The first-order chi connectivity index (χ1) is 30.3. The molecular formula is C37H36F3N11O11S2. The topological polar surface area (TPSA) is 316 Å². The van der Waals surface area contributed by atoms with Crippen LogP contribution in [0.25, 0.3) is 28.1 Å². The molecule has 22 nitrogen and oxygen atoms in total. The van der Waals surface area contributed by atoms with Crippen molar-refractivity contribution in [3.8, 4) is 23.3 Å². The summed E-state index contributed by atoms with van der Waals surface area (Å²) in [6.45, 7) is -1.11. The third-order valence-electron chi connectivity index (χ3n) is 10.3. The van der Waals surface area contributed by atoms with E-state index in [2.05, 4.69) is 51.9 Å². The Kier molecular flexibility index (Phi) is 12.2. The minimum Gasteiger partial charge on any atom is -0.440 e. The summed E-state index contributed by atoms with van der Waals surface area (Å²) in [6.07, 6.45) is -5.89. The molecule has 1 aliphatic heterocycles. The number of ether oxygens (including phenoxy) is 2. The van der Waals surface area contributed by atoms with E-state index < -0.39 is 94.3 Å². The molecule has 0 spiro atoms. The van der Waals surface area contributed by atoms with Gasteiger partial charge in [-0.2, -0.15) is 39.6 Å². The molecule has 5 heterocycles. The Labute approximate surface area is 360 Å². The van der Waals surface area contributed by atoms with Gasteiger partial charge in [0.25, 0.3) is 0 Å². The van der Waals surface area contributed by atoms with Crippen LogP contribution in [0.15, 0.2) is 79.5 Å². The monoisotopic (exact) mass is 931 g/mol. The molecule has 6 aromatic rings. The van der Waals surface area contributed by atoms with Gasteiger partial charge < -0.3 is 35.4 Å². The van der Waals surface area contributed by atoms with Crippen LogP contribution in [0.4, 0.5) is 30.5 Å². The van der Waals surface area contributed by atoms with Crippen molar-refractivity contribution in [1.82, 2.24) is 34.1 Å². The number of aromatic nitrogens is 7. The van der Waals surface area contributed by atoms with E-state index in [9.17, 15) is 45.3 Å². The van der Waals surface area contributed by atoms with Gasteiger partial charge in [-0.05, 0) is 48.7 Å². The lowest BCUT2D eigenvalue weighted by Gasteiger charge is -2.21. The number of nitrogens with zero attached hydrogens (tertiary/aromatic N) is 7. The summed E-state index contributed by atoms with van der Waals surface area (Å²) < 4.78 is 110. The predicted octanol–water partition coefficient (Wildman–Crippen LogP) is 0.914. The number of alkyl halides is 3. The van der Waals surface area contributed by atoms with Crippen molar-refractivity contribution in [2.45, 2.75) is 55.4 Å². The molecule has 0 bridgehead atoms. The number of aliphatic hydroxyl groups is 3. The van der Waals surface area contributed by atoms with Gasteiger partial charge in [0.2, 0.25) is 0 Å². The van der Waals surface area contributed by atoms with E-state index in [1.54, 1.807) is 30.3 Å². The molecular weight excluding hydrogens is 896 g/mol. The molecule has 9 N–H and O–H groups in total. The summed E-state index contributed by atoms with van der Waals surface area (Å²) in [7, 11) is -8.72. The molecule has 8 rings (SSSR count). The molecule has 2 fully saturated rings. The van der Waals surface area contributed by atoms with Crippen molar-refractivity contribution in [2.75, 3.05) is 23.8 Å². The highest BCUT2D eigenvalue weighted by atomic mass is 32.2. The fraction of sp³-hybridized carbons (Fsp3) is 0.324. The summed E-state index contributed by atoms with van der Waals surface area (Å²) in [6, 6.07) is 13.6. The first-order valence-corrected chi connectivity index (χ1v) is 21.8. The fourth-order valence-electron chi connectivity index (χ4n) is 7.31. The lowest BCUT2D eigenvalue weighted by molar-refractivity contribution is -0.137. The van der Waals surface area contributed by atoms with Gasteiger partial charge in [0.15, 0.2) is 28.9 Å². The molecule has 27 heteroatoms. The van der Waals surface area contributed by atoms with Crippen LogP contribution in [0, 0.1) is 17.9 Å². The summed E-state index contributed by atoms with van der Waals surface area (Å²) in [5.41, 5.74) is 1.19. The maximum absolute atomic E-state index is 13.4. The molecule has 0 unspecified atom stereocenters. The largest absolute Gasteiger partial charge is 0.440 e. The van der Waals surface area contributed by atoms with Crippen molar-refractivity contribution in [3.63, 3.8) is 0 Å². The quantitative estimate of drug-likeness (QED) is 0.0792. The molecule has 1 saturated carbocycles. The summed E-state index contributed by atoms with van der Waals surface area (Å²) in [4.78, 5) is 17.1. The Balaban J connectivity index is 0.970. The minimum absolute atomic E-state index is 0.0944. The van der Waals surface area contributed by atoms with Crippen molar-refractivity contribution < 1.29 is 63.2 Å². The molecule has 1 saturated heterocycles. The SMILES string of the molecule is NS(=O)(=O)OC[C@H]1C[C@@H](Nc2ccnc3cc(-c4cccc(C(F)(F)F)c4)nn23)[C@H](O)[C@@H]1OC#Cc1cccc(Nc2ncnc3c2ncn3[C@@H]2O[C@H](COS(N)(=O)=O)[C@@H](O)[C@H]2O)c1. The van der Waals surface area contributed by atoms with Gasteiger partial charge in [-0.1, -0.05) is 18.2 Å². The zero-order chi connectivity index (χ0) is 45.6. The fourth-order valence-corrected chi connectivity index (χ4v) is 8.00. The molecule has 0 radical (unpaired) electrons. The molecule has 338 valence electrons. The van der Waals surface area contributed by atoms with Gasteiger partial charge in [-0.3, -0.25) is 12.9 Å². The Bertz CT molecular complexity index is 2980. The smallest absolute Gasteiger partial charge is 0.416 e. The van der Waals surface area contributed by atoms with Gasteiger partial charge in [0.05, 0.1) is 36.8 Å². The van der Waals surface area contributed by atoms with Crippen LogP contribution in [0.1, 0.15) is 23.8 Å². The number of fused-ring (bicyclic) bond motifs is 2. The van der Waals surface area contributed by atoms with E-state index in [1.807, 2.05) is 0 Å². The number of hydrogen-bond acceptors (Lipinski definition) is 18. The number of nitrogens with one attached hydrogen (secondary N) is 2. The van der Waals surface area contributed by atoms with Crippen LogP contribution in [0.2, 0.25) is 0 Å². The zero-order valence-corrected chi connectivity index (χ0v) is 34.2. The maximum Gasteiger partial charge on any atom is 0.416 e. The summed E-state index contributed by atoms with van der Waals surface area (Å²) in [5.74, 6) is 2.63. The number of hydrogen-bond donors (Lipinski definition) is 7. The number of imidazole rings is 1. The van der Waals surface area contributed by atoms with E-state index in [-0.39, 0.29) is 34.7 Å². The minimum atomic E-state index is -4.56. The summed E-state index contributed by atoms with van der Waals surface area (Å²) in [5, 5.41) is 53.3. The Morgan fingerprint density at radius 1 is 0.906 bits per heavy atom. The van der Waals surface area contributed by atoms with Crippen molar-refractivity contribution >= 4 is 54.7 Å². The number of anilines is 3. The first kappa shape index (κ1) is 44.5. The first-order valence-electron chi connectivity index (χ1n) is 18.9. The molecule has 2 aromatic carbocycles. The van der Waals surface area contributed by atoms with Crippen molar-refractivity contribution in [2.24, 2.45) is 16.2 Å². The maximum atomic E-state index is 13.4. The second-order valence-corrected chi connectivity index (χ2v) is 17.1. The van der Waals surface area contributed by atoms with E-state index in [4.69, 9.17) is 23.9 Å². The van der Waals surface area contributed by atoms with E-state index in [0.717, 1.165) is 12.1 Å². The molecule has 64 heavy (non-hydrogen) atoms. The van der Waals surface area contributed by atoms with Crippen LogP contribution in [-0.4, -0.2) is 116 Å². The normalized spacial score (nSPS) is 23.9. The van der Waals surface area contributed by atoms with Gasteiger partial charge in [-0.25, -0.2) is 30.2 Å². The van der Waals surface area contributed by atoms with E-state index in [0.29, 0.717) is 22.7 Å². The number of nitrogens with two attached hydrogens (primary N) is 2. The van der Waals surface area contributed by atoms with E-state index in [1.165, 1.54) is 46.1 Å². The molecule has 4 aromatic heterocycles. The van der Waals surface area contributed by atoms with Crippen molar-refractivity contribution in [3.05, 3.63) is 90.6 Å². The average Bonchev–Trinajstić information content (AvgIpc) is 4.01. The van der Waals surface area contributed by atoms with Gasteiger partial charge in [0, 0.05) is 35.0 Å². The lowest BCUT2D eigenvalue weighted by atomic mass is 10.1. The molecule has 8 atom stereocenters. The third-order valence-corrected chi connectivity index (χ3v) is 11.2. The highest BCUT2D eigenvalue weighted by molar-refractivity contribution is 7.84. The highest BCUT2D eigenvalue weighted by Gasteiger charge is 2.46. The standard InChI is InChI=1S/C37H36F3N11O11S2/c38-37(39,40)22-5-2-4-20(12-22)24-14-28-43-9-7-27(51(28)49-24)48-25-13-21(15-60-63(41,55)56)33(30(25)52)59-10-8-19-3-1-6-23(11-19)47-34-29-35(45-17-44-34)50(18-46-29)36-32(54)31(53)26(62-36)16-61-64(42,57)58/h1-7,9,11-12,14,17-18,21,25-26,30-33,36,48,52-54H,13,15-16H2,(H2,41,55,56)(H2,42,57,58)(H,44,45,47)/t21-,25-,26-,30+,31-,32-,33-,36-/m1/s1. The molecule has 2 aliphatic rings. The second kappa shape index (κ2) is 17.5. The zero-order valence-electron chi connectivity index (χ0n) is 32.6. The van der Waals surface area contributed by atoms with E-state index >= 15 is 0 Å². The number of halogens is 3.